The Kier molecular flexibility index (Phi) is 6.05. The minimum absolute atomic E-state index is 0.146. The molecule has 0 spiro atoms. The Labute approximate surface area is 149 Å². The SMILES string of the molecule is CCC(Nc1ccccc1CN1CCC(O)CC1)c1ccc(F)cc1. The molecule has 1 atom stereocenters. The van der Waals surface area contributed by atoms with Crippen LogP contribution >= 0.6 is 0 Å². The fourth-order valence-corrected chi connectivity index (χ4v) is 3.42. The van der Waals surface area contributed by atoms with Crippen LogP contribution in [0.3, 0.4) is 0 Å². The summed E-state index contributed by atoms with van der Waals surface area (Å²) in [5, 5.41) is 13.3. The van der Waals surface area contributed by atoms with Crippen molar-refractivity contribution in [2.45, 2.75) is 44.9 Å². The van der Waals surface area contributed by atoms with Crippen molar-refractivity contribution < 1.29 is 9.50 Å². The number of nitrogens with one attached hydrogen (secondary N) is 1. The van der Waals surface area contributed by atoms with Crippen LogP contribution in [0.5, 0.6) is 0 Å². The molecule has 1 unspecified atom stereocenters. The van der Waals surface area contributed by atoms with Crippen LogP contribution in [0.2, 0.25) is 0 Å². The Balaban J connectivity index is 1.72. The summed E-state index contributed by atoms with van der Waals surface area (Å²) in [5.41, 5.74) is 3.49. The molecular weight excluding hydrogens is 315 g/mol. The smallest absolute Gasteiger partial charge is 0.123 e. The molecule has 3 rings (SSSR count). The third-order valence-electron chi connectivity index (χ3n) is 4.98. The van der Waals surface area contributed by atoms with Crippen LogP contribution in [-0.4, -0.2) is 29.2 Å². The first-order valence-corrected chi connectivity index (χ1v) is 9.16. The number of rotatable bonds is 6. The lowest BCUT2D eigenvalue weighted by Gasteiger charge is -2.30. The molecule has 1 aliphatic rings. The standard InChI is InChI=1S/C21H27FN2O/c1-2-20(16-7-9-18(22)10-8-16)23-21-6-4-3-5-17(21)15-24-13-11-19(25)12-14-24/h3-10,19-20,23,25H,2,11-15H2,1H3. The zero-order valence-electron chi connectivity index (χ0n) is 14.8. The fraction of sp³-hybridized carbons (Fsp3) is 0.429. The van der Waals surface area contributed by atoms with Crippen molar-refractivity contribution >= 4 is 5.69 Å². The second kappa shape index (κ2) is 8.45. The van der Waals surface area contributed by atoms with Gasteiger partial charge in [-0.15, -0.1) is 0 Å². The van der Waals surface area contributed by atoms with Gasteiger partial charge in [0.15, 0.2) is 0 Å². The normalized spacial score (nSPS) is 17.4. The van der Waals surface area contributed by atoms with Crippen molar-refractivity contribution in [2.75, 3.05) is 18.4 Å². The number of hydrogen-bond acceptors (Lipinski definition) is 3. The van der Waals surface area contributed by atoms with Gasteiger partial charge in [0.05, 0.1) is 12.1 Å². The summed E-state index contributed by atoms with van der Waals surface area (Å²) in [6, 6.07) is 15.3. The second-order valence-electron chi connectivity index (χ2n) is 6.82. The number of halogens is 1. The summed E-state index contributed by atoms with van der Waals surface area (Å²) in [4.78, 5) is 2.39. The quantitative estimate of drug-likeness (QED) is 0.819. The Bertz CT molecular complexity index is 666. The van der Waals surface area contributed by atoms with Crippen LogP contribution in [0.1, 0.15) is 43.4 Å². The van der Waals surface area contributed by atoms with E-state index < -0.39 is 0 Å². The number of para-hydroxylation sites is 1. The van der Waals surface area contributed by atoms with Gasteiger partial charge in [0.25, 0.3) is 0 Å². The van der Waals surface area contributed by atoms with Crippen molar-refractivity contribution in [1.82, 2.24) is 4.90 Å². The van der Waals surface area contributed by atoms with E-state index in [0.29, 0.717) is 0 Å². The van der Waals surface area contributed by atoms with Crippen LogP contribution in [0.4, 0.5) is 10.1 Å². The topological polar surface area (TPSA) is 35.5 Å². The van der Waals surface area contributed by atoms with Crippen molar-refractivity contribution in [3.05, 3.63) is 65.5 Å². The third-order valence-corrected chi connectivity index (χ3v) is 4.98. The highest BCUT2D eigenvalue weighted by Gasteiger charge is 2.18. The largest absolute Gasteiger partial charge is 0.393 e. The van der Waals surface area contributed by atoms with E-state index in [1.807, 2.05) is 18.2 Å². The van der Waals surface area contributed by atoms with Gasteiger partial charge in [0.2, 0.25) is 0 Å². The van der Waals surface area contributed by atoms with Gasteiger partial charge in [-0.25, -0.2) is 4.39 Å². The predicted octanol–water partition coefficient (Wildman–Crippen LogP) is 4.35. The number of nitrogens with zero attached hydrogens (tertiary/aromatic N) is 1. The summed E-state index contributed by atoms with van der Waals surface area (Å²) in [5.74, 6) is -0.203. The number of benzene rings is 2. The second-order valence-corrected chi connectivity index (χ2v) is 6.82. The van der Waals surface area contributed by atoms with E-state index >= 15 is 0 Å². The molecule has 2 aromatic rings. The van der Waals surface area contributed by atoms with Crippen LogP contribution < -0.4 is 5.32 Å². The first-order chi connectivity index (χ1) is 12.2. The number of piperidine rings is 1. The zero-order chi connectivity index (χ0) is 17.6. The number of likely N-dealkylation sites (tertiary alicyclic amines) is 1. The zero-order valence-corrected chi connectivity index (χ0v) is 14.8. The Morgan fingerprint density at radius 3 is 2.48 bits per heavy atom. The van der Waals surface area contributed by atoms with E-state index in [0.717, 1.165) is 50.1 Å². The molecule has 3 nitrogen and oxygen atoms in total. The molecule has 1 aliphatic heterocycles. The molecule has 1 heterocycles. The van der Waals surface area contributed by atoms with Crippen molar-refractivity contribution in [3.63, 3.8) is 0 Å². The van der Waals surface area contributed by atoms with Crippen LogP contribution in [-0.2, 0) is 6.54 Å². The van der Waals surface area contributed by atoms with Gasteiger partial charge in [-0.1, -0.05) is 37.3 Å². The van der Waals surface area contributed by atoms with E-state index in [4.69, 9.17) is 0 Å². The van der Waals surface area contributed by atoms with Crippen molar-refractivity contribution in [3.8, 4) is 0 Å². The molecule has 2 N–H and O–H groups in total. The first kappa shape index (κ1) is 17.9. The number of aliphatic hydroxyl groups excluding tert-OH is 1. The van der Waals surface area contributed by atoms with Crippen LogP contribution in [0.15, 0.2) is 48.5 Å². The average molecular weight is 342 g/mol. The van der Waals surface area contributed by atoms with E-state index in [1.54, 1.807) is 0 Å². The Morgan fingerprint density at radius 2 is 1.80 bits per heavy atom. The molecule has 0 aliphatic carbocycles. The average Bonchev–Trinajstić information content (AvgIpc) is 2.64. The van der Waals surface area contributed by atoms with Gasteiger partial charge in [0, 0.05) is 25.3 Å². The van der Waals surface area contributed by atoms with Gasteiger partial charge in [-0.3, -0.25) is 4.90 Å². The van der Waals surface area contributed by atoms with E-state index in [9.17, 15) is 9.50 Å². The summed E-state index contributed by atoms with van der Waals surface area (Å²) in [6.45, 7) is 4.89. The van der Waals surface area contributed by atoms with Gasteiger partial charge < -0.3 is 10.4 Å². The minimum atomic E-state index is -0.203. The van der Waals surface area contributed by atoms with E-state index in [-0.39, 0.29) is 18.0 Å². The Hall–Kier alpha value is -1.91. The van der Waals surface area contributed by atoms with Crippen LogP contribution in [0.25, 0.3) is 0 Å². The summed E-state index contributed by atoms with van der Waals surface area (Å²) >= 11 is 0. The van der Waals surface area contributed by atoms with Crippen LogP contribution in [0, 0.1) is 5.82 Å². The maximum atomic E-state index is 13.2. The monoisotopic (exact) mass is 342 g/mol. The highest BCUT2D eigenvalue weighted by Crippen LogP contribution is 2.26. The summed E-state index contributed by atoms with van der Waals surface area (Å²) in [6.07, 6.45) is 2.48. The molecule has 1 fully saturated rings. The number of hydrogen-bond donors (Lipinski definition) is 2. The molecule has 1 saturated heterocycles. The molecule has 25 heavy (non-hydrogen) atoms. The van der Waals surface area contributed by atoms with E-state index in [2.05, 4.69) is 35.3 Å². The maximum Gasteiger partial charge on any atom is 0.123 e. The Morgan fingerprint density at radius 1 is 1.12 bits per heavy atom. The molecule has 0 aromatic heterocycles. The fourth-order valence-electron chi connectivity index (χ4n) is 3.42. The molecular formula is C21H27FN2O. The summed E-state index contributed by atoms with van der Waals surface area (Å²) < 4.78 is 13.2. The maximum absolute atomic E-state index is 13.2. The number of anilines is 1. The molecule has 0 amide bonds. The summed E-state index contributed by atoms with van der Waals surface area (Å²) in [7, 11) is 0. The lowest BCUT2D eigenvalue weighted by molar-refractivity contribution is 0.0793. The minimum Gasteiger partial charge on any atom is -0.393 e. The predicted molar refractivity (Wildman–Crippen MR) is 100 cm³/mol. The molecule has 134 valence electrons. The van der Waals surface area contributed by atoms with Gasteiger partial charge >= 0.3 is 0 Å². The van der Waals surface area contributed by atoms with Crippen molar-refractivity contribution in [2.24, 2.45) is 0 Å². The first-order valence-electron chi connectivity index (χ1n) is 9.16. The lowest BCUT2D eigenvalue weighted by atomic mass is 10.0. The highest BCUT2D eigenvalue weighted by molar-refractivity contribution is 5.52. The van der Waals surface area contributed by atoms with Gasteiger partial charge in [-0.05, 0) is 48.6 Å². The van der Waals surface area contributed by atoms with E-state index in [1.165, 1.54) is 17.7 Å². The van der Waals surface area contributed by atoms with Crippen molar-refractivity contribution in [1.29, 1.82) is 0 Å². The molecule has 0 bridgehead atoms. The lowest BCUT2D eigenvalue weighted by Crippen LogP contribution is -2.35. The highest BCUT2D eigenvalue weighted by atomic mass is 19.1. The molecule has 0 saturated carbocycles. The van der Waals surface area contributed by atoms with Gasteiger partial charge in [0.1, 0.15) is 5.82 Å². The molecule has 4 heteroatoms. The third kappa shape index (κ3) is 4.80. The number of aliphatic hydroxyl groups is 1. The molecule has 0 radical (unpaired) electrons. The van der Waals surface area contributed by atoms with Gasteiger partial charge in [-0.2, -0.15) is 0 Å². The molecule has 2 aromatic carbocycles.